The molecule has 664 valence electrons. The van der Waals surface area contributed by atoms with Gasteiger partial charge in [0.2, 0.25) is 0 Å². The summed E-state index contributed by atoms with van der Waals surface area (Å²) in [6.07, 6.45) is 0. The van der Waals surface area contributed by atoms with Crippen molar-refractivity contribution in [2.24, 2.45) is 0 Å². The van der Waals surface area contributed by atoms with E-state index in [0.29, 0.717) is 71.0 Å². The van der Waals surface area contributed by atoms with Gasteiger partial charge in [0.15, 0.2) is 0 Å². The molecular formula is C126H132BN5. The van der Waals surface area contributed by atoms with Crippen LogP contribution in [-0.4, -0.2) is 15.8 Å². The SMILES string of the molecule is CC(C)c1cc(C(C)C)c(-c2ccc3c(c2)c2cc(-c4c(C(C)C)cc(C(C)C)cc4C(C)C)ccc2n3-c2ccc3c(c2)N(c2ccccc2)c2cc(N(c4ccccc4)c4ccccc4)cc4c2B3c2ccc(-n3c5ccc(-c6c(C(C)C)cc(C(C)C)cc6C(C)C)cc5c5cc(-c6c(C(C)C)cc(C(C)C)cc6C(C)C)ccc53)cc2N4c2ccccc2)c(C(C)C)c1. The van der Waals surface area contributed by atoms with Gasteiger partial charge in [-0.2, -0.15) is 0 Å². The molecule has 0 fully saturated rings. The van der Waals surface area contributed by atoms with E-state index in [1.54, 1.807) is 0 Å². The molecule has 6 heteroatoms. The van der Waals surface area contributed by atoms with E-state index in [4.69, 9.17) is 0 Å². The average Bonchev–Trinajstić information content (AvgIpc) is 0.795. The van der Waals surface area contributed by atoms with E-state index < -0.39 is 0 Å². The molecule has 0 spiro atoms. The maximum atomic E-state index is 2.61. The molecule has 0 aliphatic carbocycles. The number of fused-ring (bicyclic) bond motifs is 10. The predicted molar refractivity (Wildman–Crippen MR) is 575 cm³/mol. The van der Waals surface area contributed by atoms with Crippen LogP contribution in [0.5, 0.6) is 0 Å². The summed E-state index contributed by atoms with van der Waals surface area (Å²) >= 11 is 0. The topological polar surface area (TPSA) is 19.6 Å². The summed E-state index contributed by atoms with van der Waals surface area (Å²) in [7, 11) is 0. The molecule has 0 radical (unpaired) electrons. The number of anilines is 9. The molecule has 2 aliphatic rings. The molecule has 17 aromatic rings. The molecule has 132 heavy (non-hydrogen) atoms. The van der Waals surface area contributed by atoms with Crippen LogP contribution in [0, 0.1) is 0 Å². The van der Waals surface area contributed by atoms with Crippen molar-refractivity contribution in [2.45, 2.75) is 237 Å². The first-order valence-electron chi connectivity index (χ1n) is 49.4. The minimum Gasteiger partial charge on any atom is -0.311 e. The van der Waals surface area contributed by atoms with Gasteiger partial charge in [0.05, 0.1) is 27.8 Å². The lowest BCUT2D eigenvalue weighted by Crippen LogP contribution is -2.61. The third-order valence-corrected chi connectivity index (χ3v) is 29.1. The first kappa shape index (κ1) is 88.6. The van der Waals surface area contributed by atoms with Crippen LogP contribution in [0.4, 0.5) is 51.2 Å². The van der Waals surface area contributed by atoms with Crippen LogP contribution in [0.2, 0.25) is 0 Å². The third-order valence-electron chi connectivity index (χ3n) is 29.1. The molecule has 0 unspecified atom stereocenters. The van der Waals surface area contributed by atoms with E-state index in [1.807, 2.05) is 0 Å². The van der Waals surface area contributed by atoms with Gasteiger partial charge in [-0.25, -0.2) is 0 Å². The summed E-state index contributed by atoms with van der Waals surface area (Å²) in [6.45, 7) is 56.7. The van der Waals surface area contributed by atoms with Gasteiger partial charge < -0.3 is 23.8 Å². The standard InChI is InChI=1S/C126H132BN5/c1-73(2)89-61-100(77(9)10)122(101(62-89)78(11)12)85-45-53-114-108(57-85)109-58-86(123-102(79(13)14)63-90(74(3)4)64-103(123)80(15)16)46-54-115(109)131(114)97-49-51-112-118(69-97)129(95-41-33-27-34-42-95)120-71-99(128(93-37-29-25-30-38-93)94-39-31-26-32-40-94)72-121-126(120)127(112)113-52-50-98(70-119(113)130(121)96-43-35-28-36-44-96)132-116-55-47-87(124-104(81(17)18)65-91(75(5)6)66-105(124)82(19)20)59-110(116)111-60-88(48-56-117(111)132)125-106(83(21)22)67-92(76(7)8)68-107(125)84(23)24/h25-84H,1-24H3. The second-order valence-electron chi connectivity index (χ2n) is 41.9. The summed E-state index contributed by atoms with van der Waals surface area (Å²) in [5, 5.41) is 4.97. The number of nitrogens with zero attached hydrogens (tertiary/aromatic N) is 5. The summed E-state index contributed by atoms with van der Waals surface area (Å²) in [5.74, 6) is 4.10. The van der Waals surface area contributed by atoms with E-state index in [0.717, 1.165) is 62.6 Å². The van der Waals surface area contributed by atoms with Gasteiger partial charge in [-0.15, -0.1) is 0 Å². The smallest absolute Gasteiger partial charge is 0.252 e. The largest absolute Gasteiger partial charge is 0.311 e. The molecule has 0 bridgehead atoms. The minimum absolute atomic E-state index is 0.231. The highest BCUT2D eigenvalue weighted by Crippen LogP contribution is 2.54. The molecule has 0 amide bonds. The van der Waals surface area contributed by atoms with Gasteiger partial charge in [0.25, 0.3) is 6.71 Å². The Bertz CT molecular complexity index is 6480. The molecule has 2 aliphatic heterocycles. The fourth-order valence-electron chi connectivity index (χ4n) is 22.1. The van der Waals surface area contributed by atoms with Crippen LogP contribution in [0.15, 0.2) is 291 Å². The van der Waals surface area contributed by atoms with Crippen molar-refractivity contribution in [3.8, 4) is 55.9 Å². The maximum Gasteiger partial charge on any atom is 0.252 e. The van der Waals surface area contributed by atoms with Crippen molar-refractivity contribution in [3.05, 3.63) is 358 Å². The zero-order valence-electron chi connectivity index (χ0n) is 82.5. The fourth-order valence-corrected chi connectivity index (χ4v) is 22.1. The fraction of sp³-hybridized carbons (Fsp3) is 0.286. The monoisotopic (exact) mass is 1730 g/mol. The number of para-hydroxylation sites is 4. The minimum atomic E-state index is -0.231. The highest BCUT2D eigenvalue weighted by molar-refractivity contribution is 7.00. The molecular weight excluding hydrogens is 1590 g/mol. The van der Waals surface area contributed by atoms with Crippen LogP contribution >= 0.6 is 0 Å². The van der Waals surface area contributed by atoms with Crippen molar-refractivity contribution in [1.29, 1.82) is 0 Å². The van der Waals surface area contributed by atoms with E-state index in [2.05, 4.69) is 481 Å². The Balaban J connectivity index is 0.900. The lowest BCUT2D eigenvalue weighted by atomic mass is 9.33. The van der Waals surface area contributed by atoms with E-state index in [1.165, 1.54) is 171 Å². The first-order chi connectivity index (χ1) is 63.4. The van der Waals surface area contributed by atoms with Crippen LogP contribution in [-0.2, 0) is 0 Å². The normalized spacial score (nSPS) is 12.9. The number of hydrogen-bond donors (Lipinski definition) is 0. The Labute approximate surface area is 787 Å². The lowest BCUT2D eigenvalue weighted by molar-refractivity contribution is 0.807. The van der Waals surface area contributed by atoms with Crippen molar-refractivity contribution >= 4 is 118 Å². The third kappa shape index (κ3) is 15.4. The predicted octanol–water partition coefficient (Wildman–Crippen LogP) is 35.6. The van der Waals surface area contributed by atoms with Gasteiger partial charge in [-0.1, -0.05) is 324 Å². The van der Waals surface area contributed by atoms with E-state index >= 15 is 0 Å². The van der Waals surface area contributed by atoms with Crippen LogP contribution in [0.3, 0.4) is 0 Å². The first-order valence-corrected chi connectivity index (χ1v) is 49.4. The van der Waals surface area contributed by atoms with Gasteiger partial charge in [0.1, 0.15) is 0 Å². The average molecular weight is 1730 g/mol. The summed E-state index contributed by atoms with van der Waals surface area (Å²) in [6, 6.07) is 115. The van der Waals surface area contributed by atoms with Crippen LogP contribution in [0.25, 0.3) is 99.5 Å². The Morgan fingerprint density at radius 2 is 0.447 bits per heavy atom. The van der Waals surface area contributed by atoms with Crippen molar-refractivity contribution in [2.75, 3.05) is 14.7 Å². The number of rotatable bonds is 23. The number of benzene rings is 15. The lowest BCUT2D eigenvalue weighted by Gasteiger charge is -2.45. The Morgan fingerprint density at radius 1 is 0.205 bits per heavy atom. The molecule has 4 heterocycles. The van der Waals surface area contributed by atoms with Crippen LogP contribution < -0.4 is 31.1 Å². The molecule has 19 rings (SSSR count). The Kier molecular flexibility index (Phi) is 23.6. The summed E-state index contributed by atoms with van der Waals surface area (Å²) in [4.78, 5) is 7.70. The van der Waals surface area contributed by atoms with Crippen molar-refractivity contribution in [3.63, 3.8) is 0 Å². The Morgan fingerprint density at radius 3 is 0.682 bits per heavy atom. The maximum absolute atomic E-state index is 2.61. The molecule has 2 aromatic heterocycles. The summed E-state index contributed by atoms with van der Waals surface area (Å²) < 4.78 is 5.21. The zero-order chi connectivity index (χ0) is 92.6. The number of aromatic nitrogens is 2. The number of hydrogen-bond acceptors (Lipinski definition) is 3. The highest BCUT2D eigenvalue weighted by Gasteiger charge is 2.45. The van der Waals surface area contributed by atoms with Gasteiger partial charge in [0, 0.05) is 78.4 Å². The van der Waals surface area contributed by atoms with E-state index in [9.17, 15) is 0 Å². The van der Waals surface area contributed by atoms with Gasteiger partial charge in [-0.05, 0) is 332 Å². The second kappa shape index (κ2) is 35.2. The van der Waals surface area contributed by atoms with Gasteiger partial charge >= 0.3 is 0 Å². The molecule has 0 atom stereocenters. The highest BCUT2D eigenvalue weighted by atomic mass is 15.2. The second-order valence-corrected chi connectivity index (χ2v) is 41.9. The van der Waals surface area contributed by atoms with Gasteiger partial charge in [-0.3, -0.25) is 0 Å². The molecule has 5 nitrogen and oxygen atoms in total. The van der Waals surface area contributed by atoms with E-state index in [-0.39, 0.29) is 6.71 Å². The molecule has 0 saturated heterocycles. The molecule has 0 N–H and O–H groups in total. The zero-order valence-corrected chi connectivity index (χ0v) is 82.5. The molecule has 15 aromatic carbocycles. The summed E-state index contributed by atoms with van der Waals surface area (Å²) in [5.41, 5.74) is 47.9. The quantitative estimate of drug-likeness (QED) is 0.0595. The van der Waals surface area contributed by atoms with Crippen LogP contribution in [0.1, 0.15) is 304 Å². The van der Waals surface area contributed by atoms with Crippen molar-refractivity contribution < 1.29 is 0 Å². The molecule has 0 saturated carbocycles. The van der Waals surface area contributed by atoms with Crippen molar-refractivity contribution in [1.82, 2.24) is 9.13 Å². The Hall–Kier alpha value is -12.6.